The molecule has 9 aromatic rings. The average Bonchev–Trinajstić information content (AvgIpc) is 0.806. The molecule has 4 fully saturated rings. The molecule has 9 aromatic carbocycles. The van der Waals surface area contributed by atoms with E-state index in [0.717, 1.165) is 138 Å². The summed E-state index contributed by atoms with van der Waals surface area (Å²) in [6.07, 6.45) is 6.97. The predicted molar refractivity (Wildman–Crippen MR) is 562 cm³/mol. The van der Waals surface area contributed by atoms with Gasteiger partial charge in [0, 0.05) is 70.4 Å². The zero-order chi connectivity index (χ0) is 98.0. The Morgan fingerprint density at radius 3 is 0.784 bits per heavy atom. The predicted octanol–water partition coefficient (Wildman–Crippen LogP) is 25.9. The second-order valence-electron chi connectivity index (χ2n) is 40.7. The van der Waals surface area contributed by atoms with Gasteiger partial charge in [-0.05, 0) is 367 Å². The molecule has 26 heteroatoms. The van der Waals surface area contributed by atoms with Gasteiger partial charge in [0.15, 0.2) is 0 Å². The van der Waals surface area contributed by atoms with E-state index in [1.165, 1.54) is 22.3 Å². The number of benzene rings is 9. The van der Waals surface area contributed by atoms with Crippen LogP contribution < -0.4 is 29.5 Å². The van der Waals surface area contributed by atoms with E-state index in [1.54, 1.807) is 28.9 Å². The van der Waals surface area contributed by atoms with Gasteiger partial charge in [0.1, 0.15) is 11.2 Å². The first kappa shape index (κ1) is 110. The number of carbonyl (C=O) groups is 3. The maximum absolute atomic E-state index is 13.2. The average molecular weight is 1980 g/mol. The monoisotopic (exact) mass is 1980 g/mol. The van der Waals surface area contributed by atoms with Gasteiger partial charge in [0.25, 0.3) is 0 Å². The summed E-state index contributed by atoms with van der Waals surface area (Å²) in [5.74, 6) is 1.09. The fourth-order valence-corrected chi connectivity index (χ4v) is 20.3. The van der Waals surface area contributed by atoms with E-state index >= 15 is 0 Å². The molecule has 0 radical (unpaired) electrons. The van der Waals surface area contributed by atoms with E-state index in [2.05, 4.69) is 127 Å². The second-order valence-corrected chi connectivity index (χ2v) is 50.4. The molecule has 134 heavy (non-hydrogen) atoms. The highest BCUT2D eigenvalue weighted by molar-refractivity contribution is 7.85. The minimum Gasteiger partial charge on any atom is -0.462 e. The van der Waals surface area contributed by atoms with Gasteiger partial charge in [-0.3, -0.25) is 0 Å². The molecule has 0 bridgehead atoms. The summed E-state index contributed by atoms with van der Waals surface area (Å²) in [4.78, 5) is 39.8. The molecule has 0 saturated carbocycles. The van der Waals surface area contributed by atoms with Crippen molar-refractivity contribution in [1.29, 1.82) is 0 Å². The highest BCUT2D eigenvalue weighted by atomic mass is 35.5. The lowest BCUT2D eigenvalue weighted by Gasteiger charge is -2.38. The van der Waals surface area contributed by atoms with Crippen LogP contribution in [-0.4, -0.2) is 134 Å². The van der Waals surface area contributed by atoms with Crippen molar-refractivity contribution in [3.8, 4) is 44.5 Å². The van der Waals surface area contributed by atoms with Gasteiger partial charge in [-0.25, -0.2) is 50.1 Å². The van der Waals surface area contributed by atoms with Crippen LogP contribution in [0.4, 0.5) is 9.59 Å². The van der Waals surface area contributed by atoms with Crippen LogP contribution in [0.2, 0.25) is 20.1 Å². The summed E-state index contributed by atoms with van der Waals surface area (Å²) in [5, 5.41) is 9.73. The minimum atomic E-state index is -1.25. The first-order valence-corrected chi connectivity index (χ1v) is 53.0. The molecule has 728 valence electrons. The molecule has 0 aliphatic carbocycles. The highest BCUT2D eigenvalue weighted by Gasteiger charge is 2.40. The van der Waals surface area contributed by atoms with Crippen LogP contribution >= 0.6 is 46.4 Å². The van der Waals surface area contributed by atoms with Crippen molar-refractivity contribution in [3.63, 3.8) is 0 Å². The summed E-state index contributed by atoms with van der Waals surface area (Å²) in [6, 6.07) is 72.2. The lowest BCUT2D eigenvalue weighted by molar-refractivity contribution is 0.0162. The molecule has 4 aliphatic heterocycles. The van der Waals surface area contributed by atoms with E-state index in [0.29, 0.717) is 60.2 Å². The number of ether oxygens (including phenoxy) is 3. The van der Waals surface area contributed by atoms with Crippen LogP contribution in [-0.2, 0) is 58.2 Å². The molecule has 0 aromatic heterocycles. The standard InChI is InChI=1S/2C27H37ClN2O3S.2C22H29ClN2OS.C10H12O2/c2*1-26(2,3)33-25(31)30-17-15-20(16-18-30)24(29-34(32)27(4,5)6)23-10-8-7-9-22(23)19-11-13-21(28)14-12-19;2*1-22(2,3)27(26)25-21(17-12-14-24-15-13-17)20-7-5-4-6-19(20)16-8-10-18(23)11-9-16;1-3-12-10(11)9-6-4-8(2)5-7-9/h2*7-14,20,24,29H,15-18H2,1-6H3;2*4-11,17,21,24-25H,12-15H2,1-3H3;4-7H,3H2,1-2H3/t2*24-,34?;2*21-,27?;/m1010./s1. The molecule has 4 saturated heterocycles. The third-order valence-corrected chi connectivity index (χ3v) is 30.9. The van der Waals surface area contributed by atoms with Crippen molar-refractivity contribution in [3.05, 3.63) is 272 Å². The molecule has 4 aliphatic rings. The van der Waals surface area contributed by atoms with Crippen molar-refractivity contribution >= 4 is 109 Å². The second kappa shape index (κ2) is 50.9. The Hall–Kier alpha value is -7.49. The first-order chi connectivity index (χ1) is 63.2. The van der Waals surface area contributed by atoms with Gasteiger partial charge >= 0.3 is 18.2 Å². The Labute approximate surface area is 829 Å². The summed E-state index contributed by atoms with van der Waals surface area (Å²) < 4.78 is 80.8. The van der Waals surface area contributed by atoms with E-state index < -0.39 is 64.6 Å². The summed E-state index contributed by atoms with van der Waals surface area (Å²) >= 11 is 24.4. The van der Waals surface area contributed by atoms with Crippen LogP contribution in [0.25, 0.3) is 44.5 Å². The number of likely N-dealkylation sites (tertiary alicyclic amines) is 2. The normalized spacial score (nSPS) is 17.0. The number of hydrogen-bond acceptors (Lipinski definition) is 12. The van der Waals surface area contributed by atoms with E-state index in [-0.39, 0.29) is 63.7 Å². The third kappa shape index (κ3) is 34.2. The zero-order valence-electron chi connectivity index (χ0n) is 82.0. The minimum absolute atomic E-state index is 0.0547. The van der Waals surface area contributed by atoms with Crippen molar-refractivity contribution in [2.24, 2.45) is 23.7 Å². The topological polar surface area (TPSA) is 226 Å². The van der Waals surface area contributed by atoms with Crippen LogP contribution in [0.15, 0.2) is 218 Å². The Bertz CT molecular complexity index is 5020. The van der Waals surface area contributed by atoms with Crippen molar-refractivity contribution in [2.45, 2.75) is 244 Å². The van der Waals surface area contributed by atoms with Crippen LogP contribution in [0.3, 0.4) is 0 Å². The third-order valence-electron chi connectivity index (χ3n) is 23.6. The van der Waals surface area contributed by atoms with Crippen molar-refractivity contribution in [1.82, 2.24) is 39.3 Å². The first-order valence-electron chi connectivity index (χ1n) is 46.9. The molecule has 4 unspecified atom stereocenters. The molecule has 8 atom stereocenters. The molecule has 13 rings (SSSR count). The maximum Gasteiger partial charge on any atom is 0.410 e. The molecule has 0 spiro atoms. The lowest BCUT2D eigenvalue weighted by Crippen LogP contribution is -2.45. The molecule has 18 nitrogen and oxygen atoms in total. The number of rotatable bonds is 22. The number of piperidine rings is 4. The Kier molecular flexibility index (Phi) is 41.8. The van der Waals surface area contributed by atoms with Gasteiger partial charge in [0.2, 0.25) is 0 Å². The Morgan fingerprint density at radius 1 is 0.343 bits per heavy atom. The van der Waals surface area contributed by atoms with Gasteiger partial charge in [-0.2, -0.15) is 0 Å². The summed E-state index contributed by atoms with van der Waals surface area (Å²) in [7, 11) is -4.75. The van der Waals surface area contributed by atoms with E-state index in [1.807, 2.05) is 241 Å². The maximum atomic E-state index is 13.2. The SMILES string of the molecule is CC(C)(C)OC(=O)N1CCC([C@@H](NS(=O)C(C)(C)C)c2ccccc2-c2ccc(Cl)cc2)CC1.CC(C)(C)OC(=O)N1CCC([C@H](NS(=O)C(C)(C)C)c2ccccc2-c2ccc(Cl)cc2)CC1.CC(C)(C)S(=O)N[C@@H](c1ccccc1-c1ccc(Cl)cc1)C1CCNCC1.CC(C)(C)S(=O)N[C@H](c1ccccc1-c1ccc(Cl)cc1)C1CCNCC1.CCOC(=O)c1ccc(C)cc1. The van der Waals surface area contributed by atoms with Gasteiger partial charge in [0.05, 0.1) is 75.1 Å². The summed E-state index contributed by atoms with van der Waals surface area (Å²) in [5.41, 5.74) is 14.3. The van der Waals surface area contributed by atoms with Crippen LogP contribution in [0.1, 0.15) is 245 Å². The van der Waals surface area contributed by atoms with Gasteiger partial charge in [-0.15, -0.1) is 0 Å². The summed E-state index contributed by atoms with van der Waals surface area (Å²) in [6.45, 7) is 45.9. The molecule has 6 N–H and O–H groups in total. The number of halogens is 4. The van der Waals surface area contributed by atoms with Crippen LogP contribution in [0, 0.1) is 30.6 Å². The van der Waals surface area contributed by atoms with Crippen LogP contribution in [0.5, 0.6) is 0 Å². The number of aryl methyl sites for hydroxylation is 1. The van der Waals surface area contributed by atoms with Gasteiger partial charge < -0.3 is 34.6 Å². The number of nitrogens with zero attached hydrogens (tertiary/aromatic N) is 2. The largest absolute Gasteiger partial charge is 0.462 e. The smallest absolute Gasteiger partial charge is 0.410 e. The highest BCUT2D eigenvalue weighted by Crippen LogP contribution is 2.44. The number of esters is 1. The Balaban J connectivity index is 0.000000193. The fourth-order valence-electron chi connectivity index (χ4n) is 16.2. The molecular formula is C108H144Cl4N8O10S4. The van der Waals surface area contributed by atoms with Gasteiger partial charge in [-0.1, -0.05) is 210 Å². The molecule has 2 amide bonds. The fraction of sp³-hybridized carbons (Fsp3) is 0.472. The van der Waals surface area contributed by atoms with E-state index in [9.17, 15) is 31.2 Å². The van der Waals surface area contributed by atoms with Crippen molar-refractivity contribution < 1.29 is 45.4 Å². The number of nitrogens with one attached hydrogen (secondary N) is 6. The zero-order valence-corrected chi connectivity index (χ0v) is 88.3. The molecule has 4 heterocycles. The molecular weight excluding hydrogens is 1840 g/mol. The number of amides is 2. The number of hydrogen-bond donors (Lipinski definition) is 6. The van der Waals surface area contributed by atoms with Crippen molar-refractivity contribution in [2.75, 3.05) is 59.0 Å². The quantitative estimate of drug-likeness (QED) is 0.0275. The lowest BCUT2D eigenvalue weighted by atomic mass is 9.83. The Morgan fingerprint density at radius 2 is 0.567 bits per heavy atom. The number of carbonyl (C=O) groups excluding carboxylic acids is 3. The van der Waals surface area contributed by atoms with E-state index in [4.69, 9.17) is 60.6 Å².